The second-order valence-corrected chi connectivity index (χ2v) is 5.00. The Kier molecular flexibility index (Phi) is 3.99. The summed E-state index contributed by atoms with van der Waals surface area (Å²) < 4.78 is 0. The van der Waals surface area contributed by atoms with E-state index in [0.717, 1.165) is 38.6 Å². The molecule has 2 aliphatic heterocycles. The number of primary amides is 1. The number of carbonyl (C=O) groups excluding carboxylic acids is 2. The second-order valence-electron chi connectivity index (χ2n) is 5.00. The minimum atomic E-state index is -0.377. The zero-order chi connectivity index (χ0) is 12.3. The largest absolute Gasteiger partial charge is 0.368 e. The molecule has 0 aliphatic carbocycles. The highest BCUT2D eigenvalue weighted by Gasteiger charge is 2.31. The van der Waals surface area contributed by atoms with Crippen LogP contribution in [0.25, 0.3) is 0 Å². The van der Waals surface area contributed by atoms with Crippen molar-refractivity contribution in [3.63, 3.8) is 0 Å². The molecule has 2 atom stereocenters. The van der Waals surface area contributed by atoms with Gasteiger partial charge in [-0.1, -0.05) is 0 Å². The first kappa shape index (κ1) is 12.4. The summed E-state index contributed by atoms with van der Waals surface area (Å²) >= 11 is 0. The molecule has 2 heterocycles. The molecule has 0 aromatic rings. The molecule has 0 aromatic heterocycles. The first-order valence-corrected chi connectivity index (χ1v) is 6.50. The standard InChI is InChI=1S/C12H21N3O2/c13-12(17)10-5-1-2-7-15(10)11(16)8-9-4-3-6-14-9/h9-10,14H,1-8H2,(H2,13,17). The summed E-state index contributed by atoms with van der Waals surface area (Å²) in [7, 11) is 0. The molecule has 0 saturated carbocycles. The molecule has 17 heavy (non-hydrogen) atoms. The Morgan fingerprint density at radius 2 is 2.06 bits per heavy atom. The third-order valence-electron chi connectivity index (χ3n) is 3.73. The van der Waals surface area contributed by atoms with Gasteiger partial charge in [-0.25, -0.2) is 0 Å². The first-order valence-electron chi connectivity index (χ1n) is 6.50. The summed E-state index contributed by atoms with van der Waals surface area (Å²) in [6.07, 6.45) is 5.38. The van der Waals surface area contributed by atoms with Gasteiger partial charge < -0.3 is 16.0 Å². The second kappa shape index (κ2) is 5.49. The van der Waals surface area contributed by atoms with Crippen molar-refractivity contribution < 1.29 is 9.59 Å². The topological polar surface area (TPSA) is 75.4 Å². The minimum Gasteiger partial charge on any atom is -0.368 e. The van der Waals surface area contributed by atoms with Gasteiger partial charge in [0.15, 0.2) is 0 Å². The molecule has 2 saturated heterocycles. The van der Waals surface area contributed by atoms with E-state index in [1.165, 1.54) is 0 Å². The van der Waals surface area contributed by atoms with Crippen LogP contribution in [-0.2, 0) is 9.59 Å². The maximum absolute atomic E-state index is 12.1. The maximum Gasteiger partial charge on any atom is 0.240 e. The number of piperidine rings is 1. The molecule has 0 radical (unpaired) electrons. The van der Waals surface area contributed by atoms with Crippen molar-refractivity contribution in [1.29, 1.82) is 0 Å². The fourth-order valence-corrected chi connectivity index (χ4v) is 2.78. The number of nitrogens with one attached hydrogen (secondary N) is 1. The third kappa shape index (κ3) is 2.97. The fourth-order valence-electron chi connectivity index (χ4n) is 2.78. The summed E-state index contributed by atoms with van der Waals surface area (Å²) in [6, 6.07) is -0.0874. The van der Waals surface area contributed by atoms with E-state index in [-0.39, 0.29) is 23.9 Å². The molecule has 5 heteroatoms. The van der Waals surface area contributed by atoms with Gasteiger partial charge in [0.2, 0.25) is 11.8 Å². The number of likely N-dealkylation sites (tertiary alicyclic amines) is 1. The molecule has 2 rings (SSSR count). The van der Waals surface area contributed by atoms with Crippen molar-refractivity contribution in [3.8, 4) is 0 Å². The van der Waals surface area contributed by atoms with E-state index in [2.05, 4.69) is 5.32 Å². The van der Waals surface area contributed by atoms with Gasteiger partial charge in [0.25, 0.3) is 0 Å². The lowest BCUT2D eigenvalue weighted by atomic mass is 10.00. The highest BCUT2D eigenvalue weighted by Crippen LogP contribution is 2.19. The van der Waals surface area contributed by atoms with Crippen molar-refractivity contribution in [3.05, 3.63) is 0 Å². The van der Waals surface area contributed by atoms with Crippen molar-refractivity contribution in [1.82, 2.24) is 10.2 Å². The van der Waals surface area contributed by atoms with Crippen LogP contribution >= 0.6 is 0 Å². The zero-order valence-corrected chi connectivity index (χ0v) is 10.2. The van der Waals surface area contributed by atoms with Gasteiger partial charge in [-0.05, 0) is 38.6 Å². The number of nitrogens with two attached hydrogens (primary N) is 1. The van der Waals surface area contributed by atoms with Crippen LogP contribution in [0.5, 0.6) is 0 Å². The molecule has 3 N–H and O–H groups in total. The number of carbonyl (C=O) groups is 2. The molecule has 96 valence electrons. The molecule has 5 nitrogen and oxygen atoms in total. The summed E-state index contributed by atoms with van der Waals surface area (Å²) in [4.78, 5) is 25.2. The number of hydrogen-bond acceptors (Lipinski definition) is 3. The summed E-state index contributed by atoms with van der Waals surface area (Å²) in [6.45, 7) is 1.68. The van der Waals surface area contributed by atoms with Crippen LogP contribution in [0.1, 0.15) is 38.5 Å². The number of hydrogen-bond donors (Lipinski definition) is 2. The highest BCUT2D eigenvalue weighted by atomic mass is 16.2. The molecule has 0 spiro atoms. The monoisotopic (exact) mass is 239 g/mol. The Balaban J connectivity index is 1.93. The van der Waals surface area contributed by atoms with Crippen molar-refractivity contribution in [2.45, 2.75) is 50.6 Å². The lowest BCUT2D eigenvalue weighted by Crippen LogP contribution is -2.51. The molecular weight excluding hydrogens is 218 g/mol. The van der Waals surface area contributed by atoms with E-state index in [1.54, 1.807) is 4.90 Å². The average molecular weight is 239 g/mol. The van der Waals surface area contributed by atoms with Crippen LogP contribution in [0.4, 0.5) is 0 Å². The van der Waals surface area contributed by atoms with Gasteiger partial charge in [0.05, 0.1) is 0 Å². The van der Waals surface area contributed by atoms with E-state index in [9.17, 15) is 9.59 Å². The van der Waals surface area contributed by atoms with Gasteiger partial charge in [0.1, 0.15) is 6.04 Å². The van der Waals surface area contributed by atoms with Gasteiger partial charge in [-0.3, -0.25) is 9.59 Å². The summed E-state index contributed by atoms with van der Waals surface area (Å²) in [5, 5.41) is 3.31. The Hall–Kier alpha value is -1.10. The van der Waals surface area contributed by atoms with Crippen LogP contribution < -0.4 is 11.1 Å². The predicted molar refractivity (Wildman–Crippen MR) is 64.2 cm³/mol. The van der Waals surface area contributed by atoms with E-state index in [4.69, 9.17) is 5.73 Å². The SMILES string of the molecule is NC(=O)C1CCCCN1C(=O)CC1CCCN1. The van der Waals surface area contributed by atoms with Crippen molar-refractivity contribution in [2.75, 3.05) is 13.1 Å². The minimum absolute atomic E-state index is 0.0768. The van der Waals surface area contributed by atoms with E-state index < -0.39 is 0 Å². The van der Waals surface area contributed by atoms with Gasteiger partial charge in [0, 0.05) is 19.0 Å². The maximum atomic E-state index is 12.1. The molecule has 2 amide bonds. The van der Waals surface area contributed by atoms with Crippen LogP contribution in [0, 0.1) is 0 Å². The Morgan fingerprint density at radius 1 is 1.24 bits per heavy atom. The van der Waals surface area contributed by atoms with Crippen molar-refractivity contribution >= 4 is 11.8 Å². The zero-order valence-electron chi connectivity index (χ0n) is 10.2. The Morgan fingerprint density at radius 3 is 2.71 bits per heavy atom. The van der Waals surface area contributed by atoms with E-state index in [1.807, 2.05) is 0 Å². The molecule has 2 aliphatic rings. The lowest BCUT2D eigenvalue weighted by molar-refractivity contribution is -0.141. The normalized spacial score (nSPS) is 29.3. The quantitative estimate of drug-likeness (QED) is 0.727. The van der Waals surface area contributed by atoms with Gasteiger partial charge >= 0.3 is 0 Å². The molecule has 2 fully saturated rings. The fraction of sp³-hybridized carbons (Fsp3) is 0.833. The average Bonchev–Trinajstić information content (AvgIpc) is 2.81. The van der Waals surface area contributed by atoms with Crippen LogP contribution in [0.15, 0.2) is 0 Å². The number of amides is 2. The highest BCUT2D eigenvalue weighted by molar-refractivity contribution is 5.87. The molecule has 0 aromatic carbocycles. The molecular formula is C12H21N3O2. The summed E-state index contributed by atoms with van der Waals surface area (Å²) in [5.74, 6) is -0.287. The number of rotatable bonds is 3. The van der Waals surface area contributed by atoms with E-state index >= 15 is 0 Å². The van der Waals surface area contributed by atoms with Crippen LogP contribution in [0.2, 0.25) is 0 Å². The smallest absolute Gasteiger partial charge is 0.240 e. The van der Waals surface area contributed by atoms with Crippen LogP contribution in [0.3, 0.4) is 0 Å². The number of nitrogens with zero attached hydrogens (tertiary/aromatic N) is 1. The van der Waals surface area contributed by atoms with Crippen LogP contribution in [-0.4, -0.2) is 41.9 Å². The lowest BCUT2D eigenvalue weighted by Gasteiger charge is -2.34. The summed E-state index contributed by atoms with van der Waals surface area (Å²) in [5.41, 5.74) is 5.36. The van der Waals surface area contributed by atoms with Gasteiger partial charge in [-0.15, -0.1) is 0 Å². The molecule has 2 unspecified atom stereocenters. The Bertz CT molecular complexity index is 300. The van der Waals surface area contributed by atoms with Gasteiger partial charge in [-0.2, -0.15) is 0 Å². The molecule has 0 bridgehead atoms. The van der Waals surface area contributed by atoms with Crippen molar-refractivity contribution in [2.24, 2.45) is 5.73 Å². The third-order valence-corrected chi connectivity index (χ3v) is 3.73. The Labute approximate surface area is 102 Å². The predicted octanol–water partition coefficient (Wildman–Crippen LogP) is -0.00510. The van der Waals surface area contributed by atoms with E-state index in [0.29, 0.717) is 13.0 Å². The first-order chi connectivity index (χ1) is 8.18.